The van der Waals surface area contributed by atoms with E-state index in [9.17, 15) is 9.18 Å². The van der Waals surface area contributed by atoms with Gasteiger partial charge < -0.3 is 25.0 Å². The van der Waals surface area contributed by atoms with Crippen molar-refractivity contribution in [3.05, 3.63) is 59.7 Å². The van der Waals surface area contributed by atoms with E-state index in [1.165, 1.54) is 31.3 Å². The lowest BCUT2D eigenvalue weighted by Gasteiger charge is -2.38. The van der Waals surface area contributed by atoms with Crippen molar-refractivity contribution in [2.45, 2.75) is 37.5 Å². The fourth-order valence-corrected chi connectivity index (χ4v) is 6.01. The van der Waals surface area contributed by atoms with E-state index < -0.39 is 5.82 Å². The molecule has 0 radical (unpaired) electrons. The molecule has 3 aliphatic rings. The van der Waals surface area contributed by atoms with Gasteiger partial charge in [-0.1, -0.05) is 17.7 Å². The number of benzene rings is 2. The molecule has 3 aliphatic heterocycles. The summed E-state index contributed by atoms with van der Waals surface area (Å²) < 4.78 is 25.4. The number of nitrogens with zero attached hydrogens (tertiary/aromatic N) is 4. The van der Waals surface area contributed by atoms with Gasteiger partial charge in [0.15, 0.2) is 0 Å². The van der Waals surface area contributed by atoms with E-state index in [1.54, 1.807) is 24.3 Å². The Morgan fingerprint density at radius 1 is 1.20 bits per heavy atom. The summed E-state index contributed by atoms with van der Waals surface area (Å²) in [5, 5.41) is 6.83. The third-order valence-electron chi connectivity index (χ3n) is 7.76. The van der Waals surface area contributed by atoms with Crippen LogP contribution in [0.2, 0.25) is 5.02 Å². The van der Waals surface area contributed by atoms with Gasteiger partial charge in [-0.25, -0.2) is 14.4 Å². The molecule has 3 saturated heterocycles. The molecule has 0 aliphatic carbocycles. The van der Waals surface area contributed by atoms with Gasteiger partial charge in [-0.15, -0.1) is 0 Å². The number of hydrogen-bond donors (Lipinski definition) is 2. The van der Waals surface area contributed by atoms with Crippen molar-refractivity contribution in [2.75, 3.05) is 50.5 Å². The van der Waals surface area contributed by atoms with Crippen molar-refractivity contribution in [1.29, 1.82) is 0 Å². The van der Waals surface area contributed by atoms with E-state index in [0.29, 0.717) is 59.1 Å². The van der Waals surface area contributed by atoms with Crippen molar-refractivity contribution >= 4 is 45.6 Å². The smallest absolute Gasteiger partial charge is 0.248 e. The van der Waals surface area contributed by atoms with Crippen LogP contribution in [0.4, 0.5) is 21.6 Å². The Morgan fingerprint density at radius 3 is 2.77 bits per heavy atom. The molecule has 1 aromatic heterocycles. The molecule has 9 nitrogen and oxygen atoms in total. The number of ether oxygens (including phenoxy) is 2. The first-order chi connectivity index (χ1) is 19.4. The predicted octanol–water partition coefficient (Wildman–Crippen LogP) is 4.61. The van der Waals surface area contributed by atoms with Crippen LogP contribution in [0.5, 0.6) is 5.75 Å². The number of nitrogens with one attached hydrogen (secondary N) is 2. The van der Waals surface area contributed by atoms with Crippen molar-refractivity contribution < 1.29 is 18.7 Å². The normalized spacial score (nSPS) is 23.2. The highest BCUT2D eigenvalue weighted by Crippen LogP contribution is 2.35. The topological polar surface area (TPSA) is 91.9 Å². The molecule has 0 saturated carbocycles. The summed E-state index contributed by atoms with van der Waals surface area (Å²) in [4.78, 5) is 26.7. The first kappa shape index (κ1) is 26.9. The number of hydrogen-bond acceptors (Lipinski definition) is 8. The summed E-state index contributed by atoms with van der Waals surface area (Å²) in [6.45, 7) is 4.01. The van der Waals surface area contributed by atoms with Crippen LogP contribution in [0, 0.1) is 5.82 Å². The van der Waals surface area contributed by atoms with E-state index in [0.717, 1.165) is 26.1 Å². The van der Waals surface area contributed by atoms with Crippen LogP contribution < -0.4 is 15.4 Å². The van der Waals surface area contributed by atoms with E-state index in [1.807, 2.05) is 6.08 Å². The van der Waals surface area contributed by atoms with E-state index in [4.69, 9.17) is 21.1 Å². The first-order valence-electron chi connectivity index (χ1n) is 13.6. The SMILES string of the molecule is CN1CC2CCC(C1)N2CC=CC(=O)Nc1cc2c(Nc3ccc(F)c(Cl)c3)ncnc2cc1O[C@H]1CCOC1. The maximum absolute atomic E-state index is 13.7. The summed E-state index contributed by atoms with van der Waals surface area (Å²) >= 11 is 5.97. The maximum atomic E-state index is 13.7. The van der Waals surface area contributed by atoms with Gasteiger partial charge in [-0.2, -0.15) is 0 Å². The van der Waals surface area contributed by atoms with Crippen LogP contribution in [-0.4, -0.2) is 83.8 Å². The average molecular weight is 567 g/mol. The van der Waals surface area contributed by atoms with Gasteiger partial charge in [0.2, 0.25) is 5.91 Å². The number of halogens is 2. The molecule has 2 N–H and O–H groups in total. The Bertz CT molecular complexity index is 1420. The molecule has 40 heavy (non-hydrogen) atoms. The van der Waals surface area contributed by atoms with Crippen LogP contribution >= 0.6 is 11.6 Å². The number of rotatable bonds is 8. The quantitative estimate of drug-likeness (QED) is 0.382. The van der Waals surface area contributed by atoms with Crippen LogP contribution in [0.15, 0.2) is 48.8 Å². The van der Waals surface area contributed by atoms with Gasteiger partial charge in [0.25, 0.3) is 0 Å². The Kier molecular flexibility index (Phi) is 7.84. The minimum atomic E-state index is -0.504. The molecule has 3 fully saturated rings. The third kappa shape index (κ3) is 5.90. The second kappa shape index (κ2) is 11.7. The monoisotopic (exact) mass is 566 g/mol. The van der Waals surface area contributed by atoms with Gasteiger partial charge in [-0.05, 0) is 44.2 Å². The number of likely N-dealkylation sites (N-methyl/N-ethyl adjacent to an activating group) is 1. The molecule has 2 unspecified atom stereocenters. The second-order valence-electron chi connectivity index (χ2n) is 10.6. The summed E-state index contributed by atoms with van der Waals surface area (Å²) in [6, 6.07) is 9.03. The third-order valence-corrected chi connectivity index (χ3v) is 8.05. The van der Waals surface area contributed by atoms with Gasteiger partial charge in [0.05, 0.1) is 29.4 Å². The van der Waals surface area contributed by atoms with E-state index in [2.05, 4.69) is 37.4 Å². The average Bonchev–Trinajstić information content (AvgIpc) is 3.52. The van der Waals surface area contributed by atoms with Crippen molar-refractivity contribution in [3.63, 3.8) is 0 Å². The molecule has 3 atom stereocenters. The minimum Gasteiger partial charge on any atom is -0.486 e. The van der Waals surface area contributed by atoms with Crippen molar-refractivity contribution in [1.82, 2.24) is 19.8 Å². The summed E-state index contributed by atoms with van der Waals surface area (Å²) in [5.74, 6) is 0.247. The number of fused-ring (bicyclic) bond motifs is 3. The lowest BCUT2D eigenvalue weighted by atomic mass is 10.1. The molecule has 4 heterocycles. The zero-order valence-electron chi connectivity index (χ0n) is 22.3. The highest BCUT2D eigenvalue weighted by atomic mass is 35.5. The molecule has 0 spiro atoms. The lowest BCUT2D eigenvalue weighted by Crippen LogP contribution is -2.52. The Hall–Kier alpha value is -3.31. The molecule has 11 heteroatoms. The Balaban J connectivity index is 1.24. The summed E-state index contributed by atoms with van der Waals surface area (Å²) in [5.41, 5.74) is 1.70. The van der Waals surface area contributed by atoms with Gasteiger partial charge in [0, 0.05) is 61.4 Å². The molecular weight excluding hydrogens is 535 g/mol. The number of amides is 1. The second-order valence-corrected chi connectivity index (χ2v) is 11.0. The van der Waals surface area contributed by atoms with E-state index in [-0.39, 0.29) is 17.0 Å². The molecule has 1 amide bonds. The standard InChI is InChI=1S/C29H32ClFN6O3/c1-36-14-19-5-6-20(15-36)37(19)9-2-3-28(38)35-26-12-22-25(13-27(26)40-21-8-10-39-16-21)32-17-33-29(22)34-18-4-7-24(31)23(30)11-18/h2-4,7,11-13,17,19-21H,5-6,8-10,14-16H2,1H3,(H,35,38)(H,32,33,34)/t19?,20?,21-/m0/s1. The highest BCUT2D eigenvalue weighted by molar-refractivity contribution is 6.31. The number of anilines is 3. The molecular formula is C29H32ClFN6O3. The van der Waals surface area contributed by atoms with Gasteiger partial charge in [0.1, 0.15) is 29.8 Å². The van der Waals surface area contributed by atoms with Crippen molar-refractivity contribution in [3.8, 4) is 5.75 Å². The molecule has 210 valence electrons. The Labute approximate surface area is 237 Å². The number of carbonyl (C=O) groups excluding carboxylic acids is 1. The van der Waals surface area contributed by atoms with Gasteiger partial charge >= 0.3 is 0 Å². The van der Waals surface area contributed by atoms with Crippen LogP contribution in [0.3, 0.4) is 0 Å². The van der Waals surface area contributed by atoms with Crippen LogP contribution in [0.1, 0.15) is 19.3 Å². The Morgan fingerprint density at radius 2 is 2.02 bits per heavy atom. The molecule has 2 bridgehead atoms. The first-order valence-corrected chi connectivity index (χ1v) is 14.0. The summed E-state index contributed by atoms with van der Waals surface area (Å²) in [7, 11) is 2.17. The molecule has 6 rings (SSSR count). The summed E-state index contributed by atoms with van der Waals surface area (Å²) in [6.07, 6.45) is 8.03. The number of aromatic nitrogens is 2. The molecule has 2 aromatic carbocycles. The number of carbonyl (C=O) groups is 1. The van der Waals surface area contributed by atoms with Crippen LogP contribution in [0.25, 0.3) is 10.9 Å². The molecule has 3 aromatic rings. The van der Waals surface area contributed by atoms with Gasteiger partial charge in [-0.3, -0.25) is 9.69 Å². The zero-order chi connectivity index (χ0) is 27.6. The largest absolute Gasteiger partial charge is 0.486 e. The number of likely N-dealkylation sites (tertiary alicyclic amines) is 1. The van der Waals surface area contributed by atoms with E-state index >= 15 is 0 Å². The predicted molar refractivity (Wildman–Crippen MR) is 153 cm³/mol. The maximum Gasteiger partial charge on any atom is 0.248 e. The van der Waals surface area contributed by atoms with Crippen molar-refractivity contribution in [2.24, 2.45) is 0 Å². The highest BCUT2D eigenvalue weighted by Gasteiger charge is 2.37. The zero-order valence-corrected chi connectivity index (χ0v) is 23.0. The lowest BCUT2D eigenvalue weighted by molar-refractivity contribution is -0.112. The minimum absolute atomic E-state index is 0.00199. The number of piperazine rings is 1. The van der Waals surface area contributed by atoms with Crippen LogP contribution in [-0.2, 0) is 9.53 Å². The fraction of sp³-hybridized carbons (Fsp3) is 0.414. The fourth-order valence-electron chi connectivity index (χ4n) is 5.83.